The lowest BCUT2D eigenvalue weighted by Crippen LogP contribution is -2.54. The summed E-state index contributed by atoms with van der Waals surface area (Å²) in [6.45, 7) is 2.55. The van der Waals surface area contributed by atoms with Crippen molar-refractivity contribution in [2.45, 2.75) is 12.5 Å². The van der Waals surface area contributed by atoms with E-state index in [0.29, 0.717) is 32.6 Å². The Morgan fingerprint density at radius 2 is 2.00 bits per heavy atom. The second-order valence-electron chi connectivity index (χ2n) is 5.84. The molecule has 1 atom stereocenters. The van der Waals surface area contributed by atoms with Crippen molar-refractivity contribution >= 4 is 23.6 Å². The van der Waals surface area contributed by atoms with E-state index in [9.17, 15) is 9.59 Å². The SMILES string of the molecule is Cn1ccc(CC(=O)N2CCN(C(=O)C3CSCN3)CC2)c1. The van der Waals surface area contributed by atoms with Gasteiger partial charge in [-0.2, -0.15) is 0 Å². The summed E-state index contributed by atoms with van der Waals surface area (Å²) in [4.78, 5) is 28.4. The van der Waals surface area contributed by atoms with Gasteiger partial charge in [-0.25, -0.2) is 0 Å². The molecular formula is C15H22N4O2S. The van der Waals surface area contributed by atoms with Gasteiger partial charge in [-0.05, 0) is 11.6 Å². The van der Waals surface area contributed by atoms with Gasteiger partial charge in [0.05, 0.1) is 12.5 Å². The number of nitrogens with zero attached hydrogens (tertiary/aromatic N) is 3. The first-order valence-corrected chi connectivity index (χ1v) is 8.77. The molecule has 1 N–H and O–H groups in total. The lowest BCUT2D eigenvalue weighted by atomic mass is 10.2. The number of carbonyl (C=O) groups is 2. The van der Waals surface area contributed by atoms with Crippen LogP contribution in [0, 0.1) is 0 Å². The number of hydrogen-bond donors (Lipinski definition) is 1. The number of hydrogen-bond acceptors (Lipinski definition) is 4. The average molecular weight is 322 g/mol. The monoisotopic (exact) mass is 322 g/mol. The molecule has 3 heterocycles. The van der Waals surface area contributed by atoms with E-state index in [1.807, 2.05) is 39.9 Å². The number of amides is 2. The topological polar surface area (TPSA) is 57.6 Å². The Morgan fingerprint density at radius 3 is 2.59 bits per heavy atom. The fourth-order valence-corrected chi connectivity index (χ4v) is 3.84. The minimum atomic E-state index is -0.0448. The molecule has 1 aromatic rings. The van der Waals surface area contributed by atoms with Gasteiger partial charge < -0.3 is 14.4 Å². The van der Waals surface area contributed by atoms with Gasteiger partial charge in [0.25, 0.3) is 0 Å². The first-order chi connectivity index (χ1) is 10.6. The predicted molar refractivity (Wildman–Crippen MR) is 86.5 cm³/mol. The minimum absolute atomic E-state index is 0.0448. The van der Waals surface area contributed by atoms with Crippen molar-refractivity contribution in [2.24, 2.45) is 7.05 Å². The van der Waals surface area contributed by atoms with Crippen LogP contribution < -0.4 is 5.32 Å². The smallest absolute Gasteiger partial charge is 0.240 e. The lowest BCUT2D eigenvalue weighted by Gasteiger charge is -2.36. The zero-order valence-corrected chi connectivity index (χ0v) is 13.6. The summed E-state index contributed by atoms with van der Waals surface area (Å²) < 4.78 is 1.95. The normalized spacial score (nSPS) is 22.1. The van der Waals surface area contributed by atoms with Gasteiger partial charge >= 0.3 is 0 Å². The summed E-state index contributed by atoms with van der Waals surface area (Å²) in [5.41, 5.74) is 1.04. The summed E-state index contributed by atoms with van der Waals surface area (Å²) >= 11 is 1.76. The van der Waals surface area contributed by atoms with E-state index >= 15 is 0 Å². The van der Waals surface area contributed by atoms with E-state index in [4.69, 9.17) is 0 Å². The highest BCUT2D eigenvalue weighted by Gasteiger charge is 2.30. The van der Waals surface area contributed by atoms with Crippen LogP contribution in [0.2, 0.25) is 0 Å². The Kier molecular flexibility index (Phi) is 4.73. The fraction of sp³-hybridized carbons (Fsp3) is 0.600. The summed E-state index contributed by atoms with van der Waals surface area (Å²) in [6.07, 6.45) is 4.36. The number of aryl methyl sites for hydroxylation is 1. The van der Waals surface area contributed by atoms with Gasteiger partial charge in [0.15, 0.2) is 0 Å². The first-order valence-electron chi connectivity index (χ1n) is 7.62. The molecule has 0 aromatic carbocycles. The number of piperazine rings is 1. The summed E-state index contributed by atoms with van der Waals surface area (Å²) in [6, 6.07) is 1.93. The molecule has 2 amide bonds. The molecule has 0 radical (unpaired) electrons. The molecule has 0 saturated carbocycles. The number of aromatic nitrogens is 1. The van der Waals surface area contributed by atoms with Crippen molar-refractivity contribution < 1.29 is 9.59 Å². The van der Waals surface area contributed by atoms with E-state index in [0.717, 1.165) is 17.2 Å². The molecule has 3 rings (SSSR count). The van der Waals surface area contributed by atoms with Crippen molar-refractivity contribution in [2.75, 3.05) is 37.8 Å². The third-order valence-electron chi connectivity index (χ3n) is 4.21. The molecule has 2 fully saturated rings. The molecule has 7 heteroatoms. The molecule has 1 unspecified atom stereocenters. The minimum Gasteiger partial charge on any atom is -0.357 e. The third kappa shape index (κ3) is 3.47. The van der Waals surface area contributed by atoms with Crippen LogP contribution in [0.1, 0.15) is 5.56 Å². The highest BCUT2D eigenvalue weighted by molar-refractivity contribution is 7.99. The fourth-order valence-electron chi connectivity index (χ4n) is 2.90. The standard InChI is InChI=1S/C15H22N4O2S/c1-17-3-2-12(9-17)8-14(20)18-4-6-19(7-5-18)15(21)13-10-22-11-16-13/h2-3,9,13,16H,4-8,10-11H2,1H3. The van der Waals surface area contributed by atoms with Crippen LogP contribution in [0.25, 0.3) is 0 Å². The zero-order chi connectivity index (χ0) is 15.5. The van der Waals surface area contributed by atoms with E-state index in [2.05, 4.69) is 5.32 Å². The van der Waals surface area contributed by atoms with Crippen molar-refractivity contribution in [3.8, 4) is 0 Å². The van der Waals surface area contributed by atoms with Crippen LogP contribution >= 0.6 is 11.8 Å². The summed E-state index contributed by atoms with van der Waals surface area (Å²) in [5.74, 6) is 2.03. The predicted octanol–water partition coefficient (Wildman–Crippen LogP) is -0.0991. The van der Waals surface area contributed by atoms with Crippen LogP contribution in [-0.4, -0.2) is 70.0 Å². The Bertz CT molecular complexity index is 545. The lowest BCUT2D eigenvalue weighted by molar-refractivity contribution is -0.140. The Balaban J connectivity index is 1.48. The molecule has 0 spiro atoms. The highest BCUT2D eigenvalue weighted by atomic mass is 32.2. The van der Waals surface area contributed by atoms with Crippen molar-refractivity contribution in [3.63, 3.8) is 0 Å². The van der Waals surface area contributed by atoms with Gasteiger partial charge in [-0.1, -0.05) is 0 Å². The van der Waals surface area contributed by atoms with Gasteiger partial charge in [0.1, 0.15) is 0 Å². The van der Waals surface area contributed by atoms with E-state index in [1.165, 1.54) is 0 Å². The number of nitrogens with one attached hydrogen (secondary N) is 1. The maximum Gasteiger partial charge on any atom is 0.240 e. The van der Waals surface area contributed by atoms with Gasteiger partial charge in [0.2, 0.25) is 11.8 Å². The maximum atomic E-state index is 12.3. The second kappa shape index (κ2) is 6.75. The van der Waals surface area contributed by atoms with Crippen molar-refractivity contribution in [1.82, 2.24) is 19.7 Å². The van der Waals surface area contributed by atoms with Gasteiger partial charge in [-0.15, -0.1) is 11.8 Å². The van der Waals surface area contributed by atoms with Crippen LogP contribution in [0.5, 0.6) is 0 Å². The Labute approximate surface area is 134 Å². The Morgan fingerprint density at radius 1 is 1.27 bits per heavy atom. The van der Waals surface area contributed by atoms with Crippen LogP contribution in [0.3, 0.4) is 0 Å². The van der Waals surface area contributed by atoms with Crippen LogP contribution in [0.15, 0.2) is 18.5 Å². The molecule has 6 nitrogen and oxygen atoms in total. The maximum absolute atomic E-state index is 12.3. The molecule has 2 aliphatic heterocycles. The molecule has 2 aliphatic rings. The van der Waals surface area contributed by atoms with E-state index in [1.54, 1.807) is 11.8 Å². The molecular weight excluding hydrogens is 300 g/mol. The molecule has 0 bridgehead atoms. The summed E-state index contributed by atoms with van der Waals surface area (Å²) in [5, 5.41) is 3.21. The van der Waals surface area contributed by atoms with E-state index < -0.39 is 0 Å². The van der Waals surface area contributed by atoms with Gasteiger partial charge in [0, 0.05) is 57.3 Å². The zero-order valence-electron chi connectivity index (χ0n) is 12.8. The van der Waals surface area contributed by atoms with Crippen LogP contribution in [-0.2, 0) is 23.1 Å². The first kappa shape index (κ1) is 15.4. The van der Waals surface area contributed by atoms with Crippen molar-refractivity contribution in [1.29, 1.82) is 0 Å². The molecule has 1 aromatic heterocycles. The van der Waals surface area contributed by atoms with Gasteiger partial charge in [-0.3, -0.25) is 14.9 Å². The second-order valence-corrected chi connectivity index (χ2v) is 6.87. The number of carbonyl (C=O) groups excluding carboxylic acids is 2. The third-order valence-corrected chi connectivity index (χ3v) is 5.15. The molecule has 120 valence electrons. The van der Waals surface area contributed by atoms with Crippen molar-refractivity contribution in [3.05, 3.63) is 24.0 Å². The molecule has 2 saturated heterocycles. The number of rotatable bonds is 3. The quantitative estimate of drug-likeness (QED) is 0.844. The Hall–Kier alpha value is -1.47. The van der Waals surface area contributed by atoms with E-state index in [-0.39, 0.29) is 17.9 Å². The molecule has 22 heavy (non-hydrogen) atoms. The highest BCUT2D eigenvalue weighted by Crippen LogP contribution is 2.14. The average Bonchev–Trinajstić information content (AvgIpc) is 3.18. The largest absolute Gasteiger partial charge is 0.357 e. The summed E-state index contributed by atoms with van der Waals surface area (Å²) in [7, 11) is 1.95. The molecule has 0 aliphatic carbocycles. The van der Waals surface area contributed by atoms with Crippen LogP contribution in [0.4, 0.5) is 0 Å². The number of thioether (sulfide) groups is 1.